The van der Waals surface area contributed by atoms with Gasteiger partial charge in [0.2, 0.25) is 0 Å². The Kier molecular flexibility index (Phi) is 7.13. The maximum absolute atomic E-state index is 7.24. The number of nitrogens with zero attached hydrogens (tertiary/aromatic N) is 1. The molecule has 60 heavy (non-hydrogen) atoms. The molecule has 3 heteroatoms. The van der Waals surface area contributed by atoms with E-state index in [9.17, 15) is 0 Å². The largest absolute Gasteiger partial charge is 0.455 e. The van der Waals surface area contributed by atoms with Gasteiger partial charge in [-0.3, -0.25) is 0 Å². The van der Waals surface area contributed by atoms with Crippen molar-refractivity contribution in [1.29, 1.82) is 0 Å². The standard InChI is InChI=1S/C57H35NOS/c1-2-17-39(18-3-1)58(51-26-14-28-53-54(51)45-23-10-13-27-52(45)60-53)50-25-12-9-19-40(50)38-29-32-44-43-22-8-11-24-46(43)57(49(44)35-38)47-33-30-36-15-4-6-20-41(36)55(47)59-56-42-21-7-5-16-37(42)31-34-48(56)57/h1-35H. The SMILES string of the molecule is c1ccc(N(c2ccccc2-c2ccc3c(c2)C2(c4ccccc4-3)c3ccc4ccccc4c3Oc3c2ccc2ccccc32)c2cccc3sc4ccccc4c23)cc1. The zero-order valence-corrected chi connectivity index (χ0v) is 33.3. The summed E-state index contributed by atoms with van der Waals surface area (Å²) in [5.74, 6) is 1.86. The van der Waals surface area contributed by atoms with Crippen LogP contribution < -0.4 is 9.64 Å². The Hall–Kier alpha value is -7.46. The number of para-hydroxylation sites is 2. The second kappa shape index (κ2) is 12.8. The average Bonchev–Trinajstić information content (AvgIpc) is 3.84. The second-order valence-corrected chi connectivity index (χ2v) is 17.0. The van der Waals surface area contributed by atoms with E-state index in [2.05, 4.69) is 217 Å². The van der Waals surface area contributed by atoms with Gasteiger partial charge in [0, 0.05) is 53.3 Å². The first-order valence-corrected chi connectivity index (χ1v) is 21.4. The molecule has 13 rings (SSSR count). The fourth-order valence-corrected chi connectivity index (χ4v) is 11.5. The number of thiophene rings is 1. The monoisotopic (exact) mass is 781 g/mol. The predicted molar refractivity (Wildman–Crippen MR) is 252 cm³/mol. The summed E-state index contributed by atoms with van der Waals surface area (Å²) in [5.41, 5.74) is 12.5. The van der Waals surface area contributed by atoms with Crippen molar-refractivity contribution in [3.8, 4) is 33.8 Å². The molecule has 1 aliphatic carbocycles. The molecule has 0 amide bonds. The molecule has 0 unspecified atom stereocenters. The maximum atomic E-state index is 7.24. The van der Waals surface area contributed by atoms with Gasteiger partial charge in [0.1, 0.15) is 11.5 Å². The zero-order valence-electron chi connectivity index (χ0n) is 32.5. The van der Waals surface area contributed by atoms with Gasteiger partial charge in [-0.05, 0) is 81.1 Å². The van der Waals surface area contributed by atoms with Gasteiger partial charge < -0.3 is 9.64 Å². The third-order valence-corrected chi connectivity index (χ3v) is 14.0. The molecule has 0 fully saturated rings. The van der Waals surface area contributed by atoms with Crippen LogP contribution in [0.4, 0.5) is 17.1 Å². The van der Waals surface area contributed by atoms with Gasteiger partial charge >= 0.3 is 0 Å². The van der Waals surface area contributed by atoms with Crippen LogP contribution in [0.2, 0.25) is 0 Å². The number of benzene rings is 10. The van der Waals surface area contributed by atoms with Crippen molar-refractivity contribution in [2.24, 2.45) is 0 Å². The Bertz CT molecular complexity index is 3460. The van der Waals surface area contributed by atoms with Crippen molar-refractivity contribution in [3.05, 3.63) is 235 Å². The van der Waals surface area contributed by atoms with Gasteiger partial charge in [0.15, 0.2) is 0 Å². The summed E-state index contributed by atoms with van der Waals surface area (Å²) in [6.45, 7) is 0. The van der Waals surface area contributed by atoms with Crippen LogP contribution in [-0.2, 0) is 5.41 Å². The number of fused-ring (bicyclic) bond motifs is 16. The van der Waals surface area contributed by atoms with Crippen LogP contribution in [0.1, 0.15) is 22.3 Å². The first kappa shape index (κ1) is 33.5. The van der Waals surface area contributed by atoms with Crippen LogP contribution in [0, 0.1) is 0 Å². The average molecular weight is 782 g/mol. The van der Waals surface area contributed by atoms with Gasteiger partial charge in [0.05, 0.1) is 16.8 Å². The Morgan fingerprint density at radius 2 is 0.967 bits per heavy atom. The summed E-state index contributed by atoms with van der Waals surface area (Å²) < 4.78 is 9.81. The Morgan fingerprint density at radius 3 is 1.73 bits per heavy atom. The van der Waals surface area contributed by atoms with Crippen molar-refractivity contribution in [1.82, 2.24) is 0 Å². The molecular weight excluding hydrogens is 747 g/mol. The fraction of sp³-hybridized carbons (Fsp3) is 0.0175. The molecule has 0 saturated heterocycles. The first-order chi connectivity index (χ1) is 29.8. The molecule has 0 N–H and O–H groups in total. The summed E-state index contributed by atoms with van der Waals surface area (Å²) in [6.07, 6.45) is 0. The summed E-state index contributed by atoms with van der Waals surface area (Å²) in [4.78, 5) is 2.46. The van der Waals surface area contributed by atoms with Crippen molar-refractivity contribution in [2.75, 3.05) is 4.90 Å². The summed E-state index contributed by atoms with van der Waals surface area (Å²) >= 11 is 1.86. The van der Waals surface area contributed by atoms with Gasteiger partial charge in [-0.25, -0.2) is 0 Å². The van der Waals surface area contributed by atoms with Gasteiger partial charge in [-0.15, -0.1) is 11.3 Å². The van der Waals surface area contributed by atoms with Crippen LogP contribution in [0.15, 0.2) is 212 Å². The number of ether oxygens (including phenoxy) is 1. The topological polar surface area (TPSA) is 12.5 Å². The molecule has 2 heterocycles. The highest BCUT2D eigenvalue weighted by Crippen LogP contribution is 2.64. The molecule has 1 aliphatic heterocycles. The fourth-order valence-electron chi connectivity index (χ4n) is 10.4. The minimum atomic E-state index is -0.631. The summed E-state index contributed by atoms with van der Waals surface area (Å²) in [5, 5.41) is 7.12. The van der Waals surface area contributed by atoms with Crippen molar-refractivity contribution < 1.29 is 4.74 Å². The number of rotatable bonds is 4. The summed E-state index contributed by atoms with van der Waals surface area (Å²) in [6, 6.07) is 78.0. The highest BCUT2D eigenvalue weighted by molar-refractivity contribution is 7.26. The van der Waals surface area contributed by atoms with Gasteiger partial charge in [-0.2, -0.15) is 0 Å². The molecule has 0 atom stereocenters. The minimum Gasteiger partial charge on any atom is -0.455 e. The molecule has 280 valence electrons. The number of anilines is 3. The number of hydrogen-bond acceptors (Lipinski definition) is 3. The Morgan fingerprint density at radius 1 is 0.383 bits per heavy atom. The van der Waals surface area contributed by atoms with E-state index in [1.807, 2.05) is 11.3 Å². The van der Waals surface area contributed by atoms with Gasteiger partial charge in [-0.1, -0.05) is 170 Å². The smallest absolute Gasteiger partial charge is 0.140 e. The lowest BCUT2D eigenvalue weighted by Crippen LogP contribution is -2.32. The molecule has 0 bridgehead atoms. The first-order valence-electron chi connectivity index (χ1n) is 20.6. The van der Waals surface area contributed by atoms with E-state index in [1.54, 1.807) is 0 Å². The maximum Gasteiger partial charge on any atom is 0.140 e. The predicted octanol–water partition coefficient (Wildman–Crippen LogP) is 16.0. The highest BCUT2D eigenvalue weighted by Gasteiger charge is 2.52. The molecule has 10 aromatic carbocycles. The van der Waals surface area contributed by atoms with Crippen LogP contribution in [0.25, 0.3) is 64.0 Å². The second-order valence-electron chi connectivity index (χ2n) is 15.9. The van der Waals surface area contributed by atoms with Crippen LogP contribution in [0.3, 0.4) is 0 Å². The number of hydrogen-bond donors (Lipinski definition) is 0. The van der Waals surface area contributed by atoms with Crippen molar-refractivity contribution in [3.63, 3.8) is 0 Å². The lowest BCUT2D eigenvalue weighted by Gasteiger charge is -2.40. The third-order valence-electron chi connectivity index (χ3n) is 12.9. The van der Waals surface area contributed by atoms with E-state index in [-0.39, 0.29) is 0 Å². The zero-order chi connectivity index (χ0) is 39.4. The van der Waals surface area contributed by atoms with E-state index in [0.29, 0.717) is 0 Å². The van der Waals surface area contributed by atoms with E-state index in [1.165, 1.54) is 70.0 Å². The molecule has 2 nitrogen and oxygen atoms in total. The van der Waals surface area contributed by atoms with Crippen LogP contribution >= 0.6 is 11.3 Å². The van der Waals surface area contributed by atoms with E-state index in [4.69, 9.17) is 4.74 Å². The Labute approximate surface area is 351 Å². The molecule has 11 aromatic rings. The normalized spacial score (nSPS) is 13.3. The van der Waals surface area contributed by atoms with Gasteiger partial charge in [0.25, 0.3) is 0 Å². The van der Waals surface area contributed by atoms with E-state index < -0.39 is 5.41 Å². The molecule has 0 radical (unpaired) electrons. The quantitative estimate of drug-likeness (QED) is 0.176. The molecule has 0 saturated carbocycles. The Balaban J connectivity index is 1.11. The molecular formula is C57H35NOS. The minimum absolute atomic E-state index is 0.631. The van der Waals surface area contributed by atoms with Crippen molar-refractivity contribution >= 4 is 70.1 Å². The lowest BCUT2D eigenvalue weighted by atomic mass is 9.65. The lowest BCUT2D eigenvalue weighted by molar-refractivity contribution is 0.447. The van der Waals surface area contributed by atoms with Crippen molar-refractivity contribution in [2.45, 2.75) is 5.41 Å². The molecule has 2 aliphatic rings. The van der Waals surface area contributed by atoms with E-state index in [0.717, 1.165) is 44.8 Å². The molecule has 1 aromatic heterocycles. The molecule has 1 spiro atoms. The summed E-state index contributed by atoms with van der Waals surface area (Å²) in [7, 11) is 0. The van der Waals surface area contributed by atoms with E-state index >= 15 is 0 Å². The third kappa shape index (κ3) is 4.58. The van der Waals surface area contributed by atoms with Crippen LogP contribution in [-0.4, -0.2) is 0 Å². The van der Waals surface area contributed by atoms with Crippen LogP contribution in [0.5, 0.6) is 11.5 Å². The highest BCUT2D eigenvalue weighted by atomic mass is 32.1.